The largest absolute Gasteiger partial charge is 0.465 e. The van der Waals surface area contributed by atoms with E-state index in [-0.39, 0.29) is 27.4 Å². The fraction of sp³-hybridized carbons (Fsp3) is 0.250. The van der Waals surface area contributed by atoms with Gasteiger partial charge in [-0.05, 0) is 48.9 Å². The summed E-state index contributed by atoms with van der Waals surface area (Å²) in [6.45, 7) is 1.74. The molecule has 0 aromatic heterocycles. The molecule has 0 unspecified atom stereocenters. The Hall–Kier alpha value is -4.06. The Labute approximate surface area is 244 Å². The van der Waals surface area contributed by atoms with Crippen LogP contribution in [0.1, 0.15) is 44.2 Å². The fourth-order valence-electron chi connectivity index (χ4n) is 5.03. The Morgan fingerprint density at radius 2 is 1.88 bits per heavy atom. The number of hydrogen-bond donors (Lipinski definition) is 3. The normalized spacial score (nSPS) is 19.9. The minimum Gasteiger partial charge on any atom is -0.465 e. The summed E-state index contributed by atoms with van der Waals surface area (Å²) < 4.78 is 19.9. The molecule has 4 atom stereocenters. The van der Waals surface area contributed by atoms with Crippen LogP contribution >= 0.6 is 23.2 Å². The van der Waals surface area contributed by atoms with E-state index in [1.54, 1.807) is 19.1 Å². The maximum atomic E-state index is 15.3. The lowest BCUT2D eigenvalue weighted by molar-refractivity contribution is -0.526. The highest BCUT2D eigenvalue weighted by atomic mass is 35.5. The summed E-state index contributed by atoms with van der Waals surface area (Å²) >= 11 is 12.1. The van der Waals surface area contributed by atoms with Crippen molar-refractivity contribution in [2.24, 2.45) is 0 Å². The number of nitrogens with one attached hydrogen (secondary N) is 2. The second-order valence-electron chi connectivity index (χ2n) is 9.57. The van der Waals surface area contributed by atoms with E-state index in [0.29, 0.717) is 16.3 Å². The van der Waals surface area contributed by atoms with Crippen molar-refractivity contribution in [1.82, 2.24) is 5.32 Å². The standard InChI is InChI=1S/C28H25Cl2FN4O6/c1-13-6-8-15(29)11-20(13)34-27(37)25-23(17-4-3-5-18(30)24(17)31)26(35(39)40)21(33-25)12-22(36)16-9-7-14(10-19(16)32)28(38)41-2/h3-11,21,23,25-26,33H,12,32H2,1-2H3,(H,34,37)/t21-,23+,25+,26+/m0/s1. The molecule has 1 heterocycles. The highest BCUT2D eigenvalue weighted by Gasteiger charge is 2.55. The van der Waals surface area contributed by atoms with Crippen LogP contribution in [0.3, 0.4) is 0 Å². The summed E-state index contributed by atoms with van der Waals surface area (Å²) in [7, 11) is 1.19. The predicted molar refractivity (Wildman–Crippen MR) is 152 cm³/mol. The third kappa shape index (κ3) is 6.17. The molecule has 10 nitrogen and oxygen atoms in total. The van der Waals surface area contributed by atoms with Gasteiger partial charge in [-0.25, -0.2) is 9.18 Å². The first-order chi connectivity index (χ1) is 19.4. The van der Waals surface area contributed by atoms with Gasteiger partial charge in [0, 0.05) is 38.9 Å². The van der Waals surface area contributed by atoms with E-state index >= 15 is 4.39 Å². The van der Waals surface area contributed by atoms with Crippen LogP contribution in [0, 0.1) is 22.9 Å². The molecule has 1 aliphatic rings. The maximum Gasteiger partial charge on any atom is 0.337 e. The van der Waals surface area contributed by atoms with Crippen LogP contribution in [0.5, 0.6) is 0 Å². The van der Waals surface area contributed by atoms with Crippen molar-refractivity contribution in [3.05, 3.63) is 103 Å². The molecule has 13 heteroatoms. The zero-order valence-corrected chi connectivity index (χ0v) is 23.3. The van der Waals surface area contributed by atoms with Gasteiger partial charge in [-0.1, -0.05) is 41.4 Å². The van der Waals surface area contributed by atoms with Gasteiger partial charge in [-0.2, -0.15) is 0 Å². The monoisotopic (exact) mass is 602 g/mol. The van der Waals surface area contributed by atoms with Crippen LogP contribution in [-0.4, -0.2) is 47.8 Å². The van der Waals surface area contributed by atoms with Gasteiger partial charge in [0.05, 0.1) is 29.7 Å². The van der Waals surface area contributed by atoms with Crippen LogP contribution in [0.2, 0.25) is 10.0 Å². The lowest BCUT2D eigenvalue weighted by Crippen LogP contribution is -2.42. The number of nitro groups is 1. The lowest BCUT2D eigenvalue weighted by Gasteiger charge is -2.21. The average molecular weight is 603 g/mol. The Morgan fingerprint density at radius 3 is 2.54 bits per heavy atom. The quantitative estimate of drug-likeness (QED) is 0.109. The first-order valence-corrected chi connectivity index (χ1v) is 13.1. The number of esters is 1. The zero-order valence-electron chi connectivity index (χ0n) is 21.8. The minimum atomic E-state index is -1.60. The van der Waals surface area contributed by atoms with Crippen molar-refractivity contribution >= 4 is 52.2 Å². The van der Waals surface area contributed by atoms with Gasteiger partial charge in [0.15, 0.2) is 5.78 Å². The summed E-state index contributed by atoms with van der Waals surface area (Å²) in [6, 6.07) is 8.68. The average Bonchev–Trinajstić information content (AvgIpc) is 3.30. The summed E-state index contributed by atoms with van der Waals surface area (Å²) in [4.78, 5) is 50.4. The molecule has 0 bridgehead atoms. The number of halogens is 3. The van der Waals surface area contributed by atoms with Gasteiger partial charge < -0.3 is 15.8 Å². The van der Waals surface area contributed by atoms with Crippen molar-refractivity contribution in [3.8, 4) is 0 Å². The highest BCUT2D eigenvalue weighted by Crippen LogP contribution is 2.38. The van der Waals surface area contributed by atoms with E-state index in [1.165, 1.54) is 49.6 Å². The van der Waals surface area contributed by atoms with Gasteiger partial charge in [-0.3, -0.25) is 25.0 Å². The second-order valence-corrected chi connectivity index (χ2v) is 10.4. The van der Waals surface area contributed by atoms with Crippen molar-refractivity contribution in [2.75, 3.05) is 18.2 Å². The van der Waals surface area contributed by atoms with Crippen LogP contribution in [-0.2, 0) is 9.53 Å². The second kappa shape index (κ2) is 12.2. The number of nitrogen functional groups attached to an aromatic ring is 1. The Balaban J connectivity index is 1.71. The van der Waals surface area contributed by atoms with E-state index in [4.69, 9.17) is 28.9 Å². The van der Waals surface area contributed by atoms with E-state index in [2.05, 4.69) is 15.4 Å². The number of ether oxygens (including phenoxy) is 1. The van der Waals surface area contributed by atoms with Crippen molar-refractivity contribution < 1.29 is 28.4 Å². The van der Waals surface area contributed by atoms with Gasteiger partial charge >= 0.3 is 5.97 Å². The summed E-state index contributed by atoms with van der Waals surface area (Å²) in [5, 5.41) is 18.1. The third-order valence-electron chi connectivity index (χ3n) is 7.04. The molecule has 1 saturated heterocycles. The Bertz CT molecular complexity index is 1550. The molecule has 0 spiro atoms. The van der Waals surface area contributed by atoms with Crippen LogP contribution in [0.4, 0.5) is 15.8 Å². The van der Waals surface area contributed by atoms with E-state index in [1.807, 2.05) is 0 Å². The first kappa shape index (κ1) is 29.9. The zero-order chi connectivity index (χ0) is 30.0. The molecule has 214 valence electrons. The topological polar surface area (TPSA) is 154 Å². The molecule has 4 rings (SSSR count). The lowest BCUT2D eigenvalue weighted by atomic mass is 9.84. The first-order valence-electron chi connectivity index (χ1n) is 12.3. The summed E-state index contributed by atoms with van der Waals surface area (Å²) in [5.74, 6) is -4.17. The van der Waals surface area contributed by atoms with E-state index in [0.717, 1.165) is 0 Å². The van der Waals surface area contributed by atoms with Gasteiger partial charge in [0.2, 0.25) is 11.9 Å². The number of amides is 1. The fourth-order valence-corrected chi connectivity index (χ4v) is 5.38. The van der Waals surface area contributed by atoms with Crippen LogP contribution in [0.25, 0.3) is 0 Å². The molecule has 3 aromatic carbocycles. The van der Waals surface area contributed by atoms with Gasteiger partial charge in [-0.15, -0.1) is 0 Å². The Morgan fingerprint density at radius 1 is 1.15 bits per heavy atom. The molecular formula is C28H25Cl2FN4O6. The molecule has 0 saturated carbocycles. The number of benzene rings is 3. The molecule has 0 radical (unpaired) electrons. The number of methoxy groups -OCH3 is 1. The molecule has 1 fully saturated rings. The minimum absolute atomic E-state index is 0.0227. The van der Waals surface area contributed by atoms with Crippen molar-refractivity contribution in [1.29, 1.82) is 0 Å². The van der Waals surface area contributed by atoms with Crippen molar-refractivity contribution in [2.45, 2.75) is 37.4 Å². The third-order valence-corrected chi connectivity index (χ3v) is 7.56. The number of rotatable bonds is 8. The van der Waals surface area contributed by atoms with Crippen LogP contribution in [0.15, 0.2) is 54.6 Å². The molecule has 41 heavy (non-hydrogen) atoms. The number of carbonyl (C=O) groups is 3. The van der Waals surface area contributed by atoms with Gasteiger partial charge in [0.1, 0.15) is 11.9 Å². The summed E-state index contributed by atoms with van der Waals surface area (Å²) in [6.07, 6.45) is -0.452. The highest BCUT2D eigenvalue weighted by molar-refractivity contribution is 6.31. The predicted octanol–water partition coefficient (Wildman–Crippen LogP) is 4.79. The number of aryl methyl sites for hydroxylation is 1. The number of Topliss-reactive ketones (excluding diaryl/α,β-unsaturated/α-hetero) is 1. The van der Waals surface area contributed by atoms with Crippen LogP contribution < -0.4 is 16.4 Å². The molecule has 4 N–H and O–H groups in total. The SMILES string of the molecule is COC(=O)c1ccc(C(=O)C[C@@H]2N[C@@H](C(=O)Nc3cc(Cl)ccc3C)[C@@H](c3cccc(Cl)c3F)[C@@H]2[N+](=O)[O-])c(N)c1. The maximum absolute atomic E-state index is 15.3. The molecule has 1 aliphatic heterocycles. The number of nitrogens with zero attached hydrogens (tertiary/aromatic N) is 1. The van der Waals surface area contributed by atoms with Gasteiger partial charge in [0.25, 0.3) is 0 Å². The van der Waals surface area contributed by atoms with E-state index < -0.39 is 58.9 Å². The number of carbonyl (C=O) groups excluding carboxylic acids is 3. The molecular weight excluding hydrogens is 578 g/mol. The van der Waals surface area contributed by atoms with E-state index in [9.17, 15) is 24.5 Å². The smallest absolute Gasteiger partial charge is 0.337 e. The van der Waals surface area contributed by atoms with Crippen molar-refractivity contribution in [3.63, 3.8) is 0 Å². The summed E-state index contributed by atoms with van der Waals surface area (Å²) in [5.41, 5.74) is 7.01. The molecule has 0 aliphatic carbocycles. The number of anilines is 2. The molecule has 1 amide bonds. The number of hydrogen-bond acceptors (Lipinski definition) is 8. The number of ketones is 1. The molecule has 3 aromatic rings. The number of nitrogens with two attached hydrogens (primary N) is 1. The Kier molecular flexibility index (Phi) is 8.91.